The third-order valence-corrected chi connectivity index (χ3v) is 3.26. The number of carbonyl (C=O) groups is 1. The highest BCUT2D eigenvalue weighted by atomic mass is 31.2. The Morgan fingerprint density at radius 1 is 1.62 bits per heavy atom. The lowest BCUT2D eigenvalue weighted by molar-refractivity contribution is 0.191. The first-order chi connectivity index (χ1) is 7.38. The van der Waals surface area contributed by atoms with Crippen LogP contribution in [0.4, 0.5) is 4.79 Å². The van der Waals surface area contributed by atoms with E-state index in [4.69, 9.17) is 4.42 Å². The molecule has 0 aliphatic rings. The Morgan fingerprint density at radius 3 is 2.62 bits per heavy atom. The summed E-state index contributed by atoms with van der Waals surface area (Å²) in [6.45, 7) is 0. The minimum absolute atomic E-state index is 0.0411. The number of hydrogen-bond acceptors (Lipinski definition) is 3. The molecule has 3 N–H and O–H groups in total. The molecule has 0 aliphatic carbocycles. The summed E-state index contributed by atoms with van der Waals surface area (Å²) < 4.78 is 16.2. The van der Waals surface area contributed by atoms with Gasteiger partial charge >= 0.3 is 13.6 Å². The number of furan rings is 1. The first-order valence-corrected chi connectivity index (χ1v) is 6.09. The number of urea groups is 1. The largest absolute Gasteiger partial charge is 0.466 e. The van der Waals surface area contributed by atoms with Gasteiger partial charge in [0.15, 0.2) is 5.78 Å². The van der Waals surface area contributed by atoms with Gasteiger partial charge < -0.3 is 24.4 Å². The fourth-order valence-corrected chi connectivity index (χ4v) is 2.34. The molecular formula is C8H13N2O5P. The van der Waals surface area contributed by atoms with E-state index in [0.29, 0.717) is 0 Å². The van der Waals surface area contributed by atoms with Crippen LogP contribution in [0.25, 0.3) is 0 Å². The highest BCUT2D eigenvalue weighted by molar-refractivity contribution is 7.52. The molecule has 0 spiro atoms. The number of amides is 2. The Morgan fingerprint density at radius 2 is 2.25 bits per heavy atom. The Kier molecular flexibility index (Phi) is 3.74. The predicted octanol–water partition coefficient (Wildman–Crippen LogP) is 0.727. The van der Waals surface area contributed by atoms with Gasteiger partial charge in [-0.1, -0.05) is 0 Å². The standard InChI is InChI=1S/C8H13N2O5P/c1-9-8(11)10(2)7(16(12,13)14)6-4-3-5-15-6/h3-5,7H,1-2H3,(H,9,11)(H2,12,13,14). The van der Waals surface area contributed by atoms with Gasteiger partial charge in [-0.3, -0.25) is 4.57 Å². The van der Waals surface area contributed by atoms with Crippen LogP contribution in [0.1, 0.15) is 11.5 Å². The first-order valence-electron chi connectivity index (χ1n) is 4.41. The quantitative estimate of drug-likeness (QED) is 0.684. The van der Waals surface area contributed by atoms with Crippen molar-refractivity contribution in [3.05, 3.63) is 24.2 Å². The van der Waals surface area contributed by atoms with Gasteiger partial charge in [-0.05, 0) is 12.1 Å². The molecule has 0 saturated carbocycles. The van der Waals surface area contributed by atoms with Gasteiger partial charge in [-0.25, -0.2) is 4.79 Å². The van der Waals surface area contributed by atoms with Crippen molar-refractivity contribution >= 4 is 13.6 Å². The van der Waals surface area contributed by atoms with Crippen LogP contribution in [0.15, 0.2) is 22.8 Å². The number of rotatable bonds is 3. The molecule has 0 radical (unpaired) electrons. The maximum atomic E-state index is 11.3. The highest BCUT2D eigenvalue weighted by Gasteiger charge is 2.38. The zero-order valence-electron chi connectivity index (χ0n) is 8.82. The van der Waals surface area contributed by atoms with Crippen molar-refractivity contribution in [1.82, 2.24) is 10.2 Å². The van der Waals surface area contributed by atoms with Crippen molar-refractivity contribution in [2.45, 2.75) is 5.78 Å². The van der Waals surface area contributed by atoms with E-state index in [0.717, 1.165) is 4.90 Å². The van der Waals surface area contributed by atoms with Gasteiger partial charge in [0.05, 0.1) is 6.26 Å². The smallest absolute Gasteiger partial charge is 0.355 e. The average Bonchev–Trinajstić information content (AvgIpc) is 2.67. The molecule has 1 aromatic heterocycles. The lowest BCUT2D eigenvalue weighted by atomic mass is 10.4. The van der Waals surface area contributed by atoms with Crippen molar-refractivity contribution in [3.63, 3.8) is 0 Å². The van der Waals surface area contributed by atoms with Crippen LogP contribution in [-0.2, 0) is 4.57 Å². The third kappa shape index (κ3) is 2.63. The number of nitrogens with zero attached hydrogens (tertiary/aromatic N) is 1. The van der Waals surface area contributed by atoms with E-state index in [-0.39, 0.29) is 5.76 Å². The van der Waals surface area contributed by atoms with E-state index in [1.54, 1.807) is 0 Å². The van der Waals surface area contributed by atoms with Gasteiger partial charge in [-0.2, -0.15) is 0 Å². The van der Waals surface area contributed by atoms with Crippen LogP contribution in [-0.4, -0.2) is 34.8 Å². The highest BCUT2D eigenvalue weighted by Crippen LogP contribution is 2.53. The molecule has 1 rings (SSSR count). The molecule has 16 heavy (non-hydrogen) atoms. The van der Waals surface area contributed by atoms with Gasteiger partial charge in [0.1, 0.15) is 5.76 Å². The molecule has 1 atom stereocenters. The molecule has 0 aromatic carbocycles. The van der Waals surface area contributed by atoms with Crippen LogP contribution >= 0.6 is 7.60 Å². The molecule has 2 amide bonds. The van der Waals surface area contributed by atoms with Crippen molar-refractivity contribution in [2.24, 2.45) is 0 Å². The maximum Gasteiger partial charge on any atom is 0.355 e. The zero-order valence-corrected chi connectivity index (χ0v) is 9.72. The summed E-state index contributed by atoms with van der Waals surface area (Å²) in [7, 11) is -1.86. The SMILES string of the molecule is CNC(=O)N(C)C(c1ccco1)P(=O)(O)O. The second-order valence-corrected chi connectivity index (χ2v) is 4.81. The lowest BCUT2D eigenvalue weighted by Gasteiger charge is -2.26. The van der Waals surface area contributed by atoms with Crippen molar-refractivity contribution in [1.29, 1.82) is 0 Å². The molecule has 0 aliphatic heterocycles. The van der Waals surface area contributed by atoms with Crippen molar-refractivity contribution in [2.75, 3.05) is 14.1 Å². The summed E-state index contributed by atoms with van der Waals surface area (Å²) in [6.07, 6.45) is 1.29. The molecule has 90 valence electrons. The molecule has 1 heterocycles. The maximum absolute atomic E-state index is 11.3. The fraction of sp³-hybridized carbons (Fsp3) is 0.375. The molecule has 0 saturated heterocycles. The minimum atomic E-state index is -4.52. The van der Waals surface area contributed by atoms with Gasteiger partial charge in [-0.15, -0.1) is 0 Å². The summed E-state index contributed by atoms with van der Waals surface area (Å²) in [5.41, 5.74) is 0. The van der Waals surface area contributed by atoms with E-state index in [1.165, 1.54) is 32.5 Å². The van der Waals surface area contributed by atoms with Gasteiger partial charge in [0.25, 0.3) is 0 Å². The monoisotopic (exact) mass is 248 g/mol. The third-order valence-electron chi connectivity index (χ3n) is 2.02. The van der Waals surface area contributed by atoms with Crippen LogP contribution < -0.4 is 5.32 Å². The number of nitrogens with one attached hydrogen (secondary N) is 1. The van der Waals surface area contributed by atoms with E-state index in [2.05, 4.69) is 5.32 Å². The molecular weight excluding hydrogens is 235 g/mol. The second-order valence-electron chi connectivity index (χ2n) is 3.14. The average molecular weight is 248 g/mol. The fourth-order valence-electron chi connectivity index (χ4n) is 1.31. The van der Waals surface area contributed by atoms with E-state index >= 15 is 0 Å². The second kappa shape index (κ2) is 4.69. The van der Waals surface area contributed by atoms with Crippen LogP contribution in [0.2, 0.25) is 0 Å². The minimum Gasteiger partial charge on any atom is -0.466 e. The van der Waals surface area contributed by atoms with Gasteiger partial charge in [0, 0.05) is 14.1 Å². The molecule has 1 unspecified atom stereocenters. The Hall–Kier alpha value is -1.30. The summed E-state index contributed by atoms with van der Waals surface area (Å²) in [5.74, 6) is -1.37. The van der Waals surface area contributed by atoms with Crippen molar-refractivity contribution in [3.8, 4) is 0 Å². The van der Waals surface area contributed by atoms with E-state index in [1.807, 2.05) is 0 Å². The molecule has 0 bridgehead atoms. The van der Waals surface area contributed by atoms with Gasteiger partial charge in [0.2, 0.25) is 0 Å². The van der Waals surface area contributed by atoms with Crippen LogP contribution in [0.5, 0.6) is 0 Å². The first kappa shape index (κ1) is 12.8. The Labute approximate surface area is 92.2 Å². The predicted molar refractivity (Wildman–Crippen MR) is 55.7 cm³/mol. The molecule has 1 aromatic rings. The Bertz CT molecular complexity index is 399. The zero-order chi connectivity index (χ0) is 12.3. The van der Waals surface area contributed by atoms with Crippen molar-refractivity contribution < 1.29 is 23.6 Å². The van der Waals surface area contributed by atoms with Crippen LogP contribution in [0, 0.1) is 0 Å². The summed E-state index contributed by atoms with van der Waals surface area (Å²) in [6, 6.07) is 2.29. The number of hydrogen-bond donors (Lipinski definition) is 3. The Balaban J connectivity index is 3.07. The number of carbonyl (C=O) groups excluding carboxylic acids is 1. The molecule has 0 fully saturated rings. The van der Waals surface area contributed by atoms with Crippen LogP contribution in [0.3, 0.4) is 0 Å². The van der Waals surface area contributed by atoms with E-state index in [9.17, 15) is 19.1 Å². The van der Waals surface area contributed by atoms with E-state index < -0.39 is 19.4 Å². The lowest BCUT2D eigenvalue weighted by Crippen LogP contribution is -2.37. The normalized spacial score (nSPS) is 13.2. The summed E-state index contributed by atoms with van der Waals surface area (Å²) >= 11 is 0. The molecule has 7 nitrogen and oxygen atoms in total. The topological polar surface area (TPSA) is 103 Å². The summed E-state index contributed by atoms with van der Waals surface area (Å²) in [5, 5.41) is 2.28. The molecule has 8 heteroatoms. The summed E-state index contributed by atoms with van der Waals surface area (Å²) in [4.78, 5) is 30.6.